The summed E-state index contributed by atoms with van der Waals surface area (Å²) in [4.78, 5) is 13.9. The molecule has 0 unspecified atom stereocenters. The molecule has 0 radical (unpaired) electrons. The fourth-order valence-electron chi connectivity index (χ4n) is 2.78. The van der Waals surface area contributed by atoms with Gasteiger partial charge < -0.3 is 19.1 Å². The molecule has 2 fully saturated rings. The number of rotatable bonds is 5. The molecule has 0 aromatic carbocycles. The fraction of sp³-hybridized carbons (Fsp3) is 0.929. The van der Waals surface area contributed by atoms with E-state index >= 15 is 0 Å². The van der Waals surface area contributed by atoms with Gasteiger partial charge in [-0.25, -0.2) is 0 Å². The molecule has 2 aliphatic heterocycles. The summed E-state index contributed by atoms with van der Waals surface area (Å²) in [6.45, 7) is 7.77. The van der Waals surface area contributed by atoms with E-state index in [1.165, 1.54) is 19.3 Å². The van der Waals surface area contributed by atoms with Gasteiger partial charge in [0.25, 0.3) is 0 Å². The van der Waals surface area contributed by atoms with Crippen LogP contribution in [0.15, 0.2) is 0 Å². The Morgan fingerprint density at radius 2 is 2.11 bits per heavy atom. The zero-order valence-electron chi connectivity index (χ0n) is 12.0. The molecule has 0 aromatic rings. The molecule has 5 heteroatoms. The van der Waals surface area contributed by atoms with Crippen LogP contribution in [-0.4, -0.2) is 55.6 Å². The molecule has 2 atom stereocenters. The quantitative estimate of drug-likeness (QED) is 0.710. The van der Waals surface area contributed by atoms with Gasteiger partial charge in [0.15, 0.2) is 5.79 Å². The van der Waals surface area contributed by atoms with Crippen LogP contribution in [0.25, 0.3) is 0 Å². The second-order valence-electron chi connectivity index (χ2n) is 5.53. The van der Waals surface area contributed by atoms with Crippen LogP contribution in [0.5, 0.6) is 0 Å². The van der Waals surface area contributed by atoms with Crippen LogP contribution in [0.2, 0.25) is 0 Å². The third kappa shape index (κ3) is 4.44. The lowest BCUT2D eigenvalue weighted by Gasteiger charge is -2.29. The molecule has 2 saturated heterocycles. The molecule has 0 aliphatic carbocycles. The smallest absolute Gasteiger partial charge is 0.311 e. The predicted octanol–water partition coefficient (Wildman–Crippen LogP) is 1.56. The Labute approximate surface area is 115 Å². The highest BCUT2D eigenvalue weighted by molar-refractivity contribution is 5.70. The van der Waals surface area contributed by atoms with Crippen LogP contribution >= 0.6 is 0 Å². The van der Waals surface area contributed by atoms with Gasteiger partial charge in [0.2, 0.25) is 0 Å². The van der Waals surface area contributed by atoms with Crippen molar-refractivity contribution < 1.29 is 19.0 Å². The number of hydrogen-bond donors (Lipinski definition) is 0. The van der Waals surface area contributed by atoms with Gasteiger partial charge in [-0.2, -0.15) is 0 Å². The summed E-state index contributed by atoms with van der Waals surface area (Å²) >= 11 is 0. The van der Waals surface area contributed by atoms with E-state index in [4.69, 9.17) is 14.2 Å². The molecule has 2 rings (SSSR count). The van der Waals surface area contributed by atoms with Gasteiger partial charge >= 0.3 is 5.97 Å². The Morgan fingerprint density at radius 3 is 2.79 bits per heavy atom. The minimum absolute atomic E-state index is 0.0672. The number of hydrogen-bond acceptors (Lipinski definition) is 5. The minimum atomic E-state index is -0.813. The van der Waals surface area contributed by atoms with Crippen LogP contribution in [-0.2, 0) is 19.0 Å². The van der Waals surface area contributed by atoms with Crippen LogP contribution in [0.1, 0.15) is 39.5 Å². The number of piperidine rings is 1. The van der Waals surface area contributed by atoms with Crippen LogP contribution < -0.4 is 0 Å². The summed E-state index contributed by atoms with van der Waals surface area (Å²) in [5.41, 5.74) is 0. The Kier molecular flexibility index (Phi) is 5.19. The molecule has 0 aromatic heterocycles. The predicted molar refractivity (Wildman–Crippen MR) is 70.8 cm³/mol. The van der Waals surface area contributed by atoms with Crippen molar-refractivity contribution in [3.63, 3.8) is 0 Å². The van der Waals surface area contributed by atoms with Gasteiger partial charge in [-0.15, -0.1) is 0 Å². The first kappa shape index (κ1) is 14.8. The van der Waals surface area contributed by atoms with Crippen molar-refractivity contribution in [3.05, 3.63) is 0 Å². The van der Waals surface area contributed by atoms with E-state index in [2.05, 4.69) is 4.90 Å². The highest BCUT2D eigenvalue weighted by atomic mass is 16.7. The first-order chi connectivity index (χ1) is 9.11. The molecule has 0 bridgehead atoms. The summed E-state index contributed by atoms with van der Waals surface area (Å²) in [6, 6.07) is 0. The summed E-state index contributed by atoms with van der Waals surface area (Å²) in [5, 5.41) is 0. The number of esters is 1. The molecule has 0 saturated carbocycles. The molecular formula is C14H25NO4. The van der Waals surface area contributed by atoms with Crippen molar-refractivity contribution in [1.29, 1.82) is 0 Å². The fourth-order valence-corrected chi connectivity index (χ4v) is 2.78. The van der Waals surface area contributed by atoms with E-state index in [9.17, 15) is 4.79 Å². The lowest BCUT2D eigenvalue weighted by Crippen LogP contribution is -2.38. The van der Waals surface area contributed by atoms with Crippen molar-refractivity contribution in [1.82, 2.24) is 4.90 Å². The molecule has 5 nitrogen and oxygen atoms in total. The third-order valence-electron chi connectivity index (χ3n) is 3.67. The van der Waals surface area contributed by atoms with E-state index in [-0.39, 0.29) is 18.5 Å². The SMILES string of the molecule is CCOC(=O)C[C@@]1(C)OC[C@@H](CN2CCCCC2)O1. The zero-order valence-corrected chi connectivity index (χ0v) is 12.0. The van der Waals surface area contributed by atoms with Crippen molar-refractivity contribution in [2.75, 3.05) is 32.8 Å². The largest absolute Gasteiger partial charge is 0.466 e. The van der Waals surface area contributed by atoms with E-state index in [0.717, 1.165) is 19.6 Å². The van der Waals surface area contributed by atoms with Crippen LogP contribution in [0.3, 0.4) is 0 Å². The topological polar surface area (TPSA) is 48.0 Å². The highest BCUT2D eigenvalue weighted by Gasteiger charge is 2.40. The first-order valence-electron chi connectivity index (χ1n) is 7.31. The lowest BCUT2D eigenvalue weighted by molar-refractivity contribution is -0.180. The molecular weight excluding hydrogens is 246 g/mol. The number of carbonyl (C=O) groups is 1. The van der Waals surface area contributed by atoms with E-state index in [1.54, 1.807) is 6.92 Å². The lowest BCUT2D eigenvalue weighted by atomic mass is 10.1. The van der Waals surface area contributed by atoms with Crippen molar-refractivity contribution >= 4 is 5.97 Å². The molecule has 2 aliphatic rings. The van der Waals surface area contributed by atoms with E-state index in [1.807, 2.05) is 6.92 Å². The second-order valence-corrected chi connectivity index (χ2v) is 5.53. The molecule has 0 N–H and O–H groups in total. The van der Waals surface area contributed by atoms with E-state index in [0.29, 0.717) is 13.2 Å². The summed E-state index contributed by atoms with van der Waals surface area (Å²) in [7, 11) is 0. The summed E-state index contributed by atoms with van der Waals surface area (Å²) in [5.74, 6) is -1.07. The molecule has 0 amide bonds. The minimum Gasteiger partial charge on any atom is -0.466 e. The standard InChI is InChI=1S/C14H25NO4/c1-3-17-13(16)9-14(2)18-11-12(19-14)10-15-7-5-4-6-8-15/h12H,3-11H2,1-2H3/t12-,14+/m1/s1. The molecule has 0 spiro atoms. The Bertz CT molecular complexity index is 304. The van der Waals surface area contributed by atoms with Gasteiger partial charge in [-0.1, -0.05) is 6.42 Å². The number of likely N-dealkylation sites (tertiary alicyclic amines) is 1. The Balaban J connectivity index is 1.76. The van der Waals surface area contributed by atoms with Gasteiger partial charge in [-0.3, -0.25) is 4.79 Å². The normalized spacial score (nSPS) is 32.4. The Hall–Kier alpha value is -0.650. The number of nitrogens with zero attached hydrogens (tertiary/aromatic N) is 1. The monoisotopic (exact) mass is 271 g/mol. The molecule has 2 heterocycles. The maximum absolute atomic E-state index is 11.5. The maximum Gasteiger partial charge on any atom is 0.311 e. The second kappa shape index (κ2) is 6.68. The average Bonchev–Trinajstić information content (AvgIpc) is 2.72. The van der Waals surface area contributed by atoms with Crippen molar-refractivity contribution in [2.24, 2.45) is 0 Å². The van der Waals surface area contributed by atoms with Crippen LogP contribution in [0.4, 0.5) is 0 Å². The number of ether oxygens (including phenoxy) is 3. The van der Waals surface area contributed by atoms with Gasteiger partial charge in [0, 0.05) is 6.54 Å². The molecule has 110 valence electrons. The van der Waals surface area contributed by atoms with Gasteiger partial charge in [0.1, 0.15) is 0 Å². The highest BCUT2D eigenvalue weighted by Crippen LogP contribution is 2.28. The Morgan fingerprint density at radius 1 is 1.37 bits per heavy atom. The summed E-state index contributed by atoms with van der Waals surface area (Å²) < 4.78 is 16.5. The van der Waals surface area contributed by atoms with Crippen molar-refractivity contribution in [2.45, 2.75) is 51.4 Å². The third-order valence-corrected chi connectivity index (χ3v) is 3.67. The van der Waals surface area contributed by atoms with E-state index < -0.39 is 5.79 Å². The number of carbonyl (C=O) groups excluding carboxylic acids is 1. The molecule has 19 heavy (non-hydrogen) atoms. The van der Waals surface area contributed by atoms with Gasteiger partial charge in [0.05, 0.1) is 25.7 Å². The summed E-state index contributed by atoms with van der Waals surface area (Å²) in [6.07, 6.45) is 4.11. The first-order valence-corrected chi connectivity index (χ1v) is 7.31. The van der Waals surface area contributed by atoms with Crippen LogP contribution in [0, 0.1) is 0 Å². The zero-order chi connectivity index (χ0) is 13.7. The van der Waals surface area contributed by atoms with Crippen molar-refractivity contribution in [3.8, 4) is 0 Å². The maximum atomic E-state index is 11.5. The average molecular weight is 271 g/mol. The van der Waals surface area contributed by atoms with Gasteiger partial charge in [-0.05, 0) is 39.8 Å².